The number of benzene rings is 1. The Morgan fingerprint density at radius 3 is 2.56 bits per heavy atom. The molecule has 1 fully saturated rings. The Labute approximate surface area is 193 Å². The Morgan fingerprint density at radius 1 is 1.25 bits per heavy atom. The van der Waals surface area contributed by atoms with Crippen molar-refractivity contribution in [2.24, 2.45) is 0 Å². The van der Waals surface area contributed by atoms with Crippen LogP contribution < -0.4 is 4.90 Å². The number of pyridine rings is 1. The smallest absolute Gasteiger partial charge is 0.416 e. The van der Waals surface area contributed by atoms with Gasteiger partial charge in [0.05, 0.1) is 6.04 Å². The summed E-state index contributed by atoms with van der Waals surface area (Å²) in [6.45, 7) is 7.78. The van der Waals surface area contributed by atoms with Crippen molar-refractivity contribution in [1.82, 2.24) is 9.88 Å². The minimum Gasteiger partial charge on any atom is -0.478 e. The molecule has 1 atom stereocenters. The summed E-state index contributed by atoms with van der Waals surface area (Å²) in [5, 5.41) is 9.50. The van der Waals surface area contributed by atoms with E-state index in [2.05, 4.69) is 9.88 Å². The summed E-state index contributed by atoms with van der Waals surface area (Å²) in [6.07, 6.45) is 4.40. The zero-order chi connectivity index (χ0) is 23.3. The molecular formula is C24H28ClN3O4. The highest BCUT2D eigenvalue weighted by atomic mass is 35.5. The SMILES string of the molecule is CC(C)(C)OC(=O)N(c1ccc(/C=C/C(=O)O)cn1)[C@@H]1CCN(Cc2ccc(Cl)cc2)C1. The molecule has 1 aromatic carbocycles. The Morgan fingerprint density at radius 2 is 1.97 bits per heavy atom. The fraction of sp³-hybridized carbons (Fsp3) is 0.375. The Bertz CT molecular complexity index is 968. The van der Waals surface area contributed by atoms with E-state index >= 15 is 0 Å². The standard InChI is InChI=1S/C24H28ClN3O4/c1-24(2,3)32-23(31)28(21-10-6-17(14-26-21)7-11-22(29)30)20-12-13-27(16-20)15-18-4-8-19(25)9-5-18/h4-11,14,20H,12-13,15-16H2,1-3H3,(H,29,30)/b11-7+/t20-/m1/s1. The monoisotopic (exact) mass is 457 g/mol. The molecule has 0 saturated carbocycles. The predicted molar refractivity (Wildman–Crippen MR) is 125 cm³/mol. The van der Waals surface area contributed by atoms with Gasteiger partial charge < -0.3 is 9.84 Å². The second-order valence-corrected chi connectivity index (χ2v) is 9.21. The van der Waals surface area contributed by atoms with Crippen molar-refractivity contribution in [2.45, 2.75) is 45.4 Å². The van der Waals surface area contributed by atoms with E-state index < -0.39 is 17.7 Å². The highest BCUT2D eigenvalue weighted by Gasteiger charge is 2.35. The number of carbonyl (C=O) groups is 2. The van der Waals surface area contributed by atoms with Gasteiger partial charge in [-0.3, -0.25) is 9.80 Å². The number of aliphatic carboxylic acids is 1. The first-order chi connectivity index (χ1) is 15.1. The molecule has 1 N–H and O–H groups in total. The number of carboxylic acid groups (broad SMARTS) is 1. The zero-order valence-electron chi connectivity index (χ0n) is 18.5. The third-order valence-corrected chi connectivity index (χ3v) is 5.21. The van der Waals surface area contributed by atoms with Crippen molar-refractivity contribution < 1.29 is 19.4 Å². The third kappa shape index (κ3) is 6.80. The average Bonchev–Trinajstić information content (AvgIpc) is 3.16. The number of carboxylic acids is 1. The van der Waals surface area contributed by atoms with Crippen molar-refractivity contribution in [3.8, 4) is 0 Å². The summed E-state index contributed by atoms with van der Waals surface area (Å²) in [6, 6.07) is 11.1. The van der Waals surface area contributed by atoms with E-state index in [1.807, 2.05) is 45.0 Å². The topological polar surface area (TPSA) is 83.0 Å². The van der Waals surface area contributed by atoms with Crippen LogP contribution in [0.25, 0.3) is 6.08 Å². The molecule has 32 heavy (non-hydrogen) atoms. The molecule has 1 saturated heterocycles. The molecular weight excluding hydrogens is 430 g/mol. The first-order valence-corrected chi connectivity index (χ1v) is 10.8. The number of halogens is 1. The molecule has 1 aliphatic heterocycles. The normalized spacial score (nSPS) is 16.9. The third-order valence-electron chi connectivity index (χ3n) is 4.96. The summed E-state index contributed by atoms with van der Waals surface area (Å²) < 4.78 is 5.66. The van der Waals surface area contributed by atoms with E-state index in [1.54, 1.807) is 23.2 Å². The molecule has 0 spiro atoms. The van der Waals surface area contributed by atoms with Crippen molar-refractivity contribution in [1.29, 1.82) is 0 Å². The van der Waals surface area contributed by atoms with Crippen LogP contribution in [0.1, 0.15) is 38.3 Å². The number of hydrogen-bond donors (Lipinski definition) is 1. The van der Waals surface area contributed by atoms with Gasteiger partial charge in [-0.25, -0.2) is 14.6 Å². The van der Waals surface area contributed by atoms with Crippen LogP contribution in [0, 0.1) is 0 Å². The molecule has 2 heterocycles. The van der Waals surface area contributed by atoms with Crippen molar-refractivity contribution in [3.05, 3.63) is 64.8 Å². The highest BCUT2D eigenvalue weighted by molar-refractivity contribution is 6.30. The van der Waals surface area contributed by atoms with Crippen LogP contribution in [0.3, 0.4) is 0 Å². The summed E-state index contributed by atoms with van der Waals surface area (Å²) >= 11 is 5.98. The predicted octanol–water partition coefficient (Wildman–Crippen LogP) is 4.85. The van der Waals surface area contributed by atoms with Gasteiger partial charge in [-0.2, -0.15) is 0 Å². The number of aromatic nitrogens is 1. The molecule has 0 aliphatic carbocycles. The minimum absolute atomic E-state index is 0.0925. The van der Waals surface area contributed by atoms with E-state index in [4.69, 9.17) is 21.4 Å². The molecule has 170 valence electrons. The lowest BCUT2D eigenvalue weighted by Crippen LogP contribution is -2.45. The Kier molecular flexibility index (Phi) is 7.53. The second kappa shape index (κ2) is 10.1. The maximum Gasteiger partial charge on any atom is 0.416 e. The maximum atomic E-state index is 13.1. The van der Waals surface area contributed by atoms with Gasteiger partial charge in [0.15, 0.2) is 0 Å². The van der Waals surface area contributed by atoms with Crippen LogP contribution in [0.4, 0.5) is 10.6 Å². The van der Waals surface area contributed by atoms with Gasteiger partial charge in [-0.15, -0.1) is 0 Å². The van der Waals surface area contributed by atoms with E-state index in [0.717, 1.165) is 31.1 Å². The van der Waals surface area contributed by atoms with Crippen molar-refractivity contribution in [2.75, 3.05) is 18.0 Å². The van der Waals surface area contributed by atoms with Gasteiger partial charge in [0.2, 0.25) is 0 Å². The molecule has 0 bridgehead atoms. The van der Waals surface area contributed by atoms with Crippen LogP contribution in [-0.4, -0.2) is 51.8 Å². The van der Waals surface area contributed by atoms with E-state index in [1.165, 1.54) is 6.08 Å². The Hall–Kier alpha value is -2.90. The van der Waals surface area contributed by atoms with E-state index in [9.17, 15) is 9.59 Å². The van der Waals surface area contributed by atoms with Gasteiger partial charge in [-0.1, -0.05) is 23.7 Å². The van der Waals surface area contributed by atoms with Crippen LogP contribution in [0.5, 0.6) is 0 Å². The molecule has 1 aliphatic rings. The lowest BCUT2D eigenvalue weighted by atomic mass is 10.2. The van der Waals surface area contributed by atoms with Crippen molar-refractivity contribution >= 4 is 35.6 Å². The number of amides is 1. The van der Waals surface area contributed by atoms with Gasteiger partial charge >= 0.3 is 12.1 Å². The van der Waals surface area contributed by atoms with Crippen molar-refractivity contribution in [3.63, 3.8) is 0 Å². The van der Waals surface area contributed by atoms with Crippen LogP contribution in [-0.2, 0) is 16.1 Å². The number of rotatable bonds is 6. The molecule has 1 amide bonds. The number of carbonyl (C=O) groups excluding carboxylic acids is 1. The van der Waals surface area contributed by atoms with Gasteiger partial charge in [0.1, 0.15) is 11.4 Å². The summed E-state index contributed by atoms with van der Waals surface area (Å²) in [5.41, 5.74) is 1.16. The van der Waals surface area contributed by atoms with Gasteiger partial charge in [0.25, 0.3) is 0 Å². The van der Waals surface area contributed by atoms with Gasteiger partial charge in [-0.05, 0) is 68.7 Å². The largest absolute Gasteiger partial charge is 0.478 e. The first-order valence-electron chi connectivity index (χ1n) is 10.5. The molecule has 8 heteroatoms. The molecule has 0 radical (unpaired) electrons. The minimum atomic E-state index is -1.03. The first kappa shape index (κ1) is 23.8. The summed E-state index contributed by atoms with van der Waals surface area (Å²) in [4.78, 5) is 32.1. The van der Waals surface area contributed by atoms with Gasteiger partial charge in [0, 0.05) is 36.9 Å². The molecule has 0 unspecified atom stereocenters. The maximum absolute atomic E-state index is 13.1. The average molecular weight is 458 g/mol. The second-order valence-electron chi connectivity index (χ2n) is 8.78. The summed E-state index contributed by atoms with van der Waals surface area (Å²) in [7, 11) is 0. The van der Waals surface area contributed by atoms with Crippen LogP contribution in [0.2, 0.25) is 5.02 Å². The molecule has 3 rings (SSSR count). The Balaban J connectivity index is 1.78. The number of anilines is 1. The highest BCUT2D eigenvalue weighted by Crippen LogP contribution is 2.26. The number of likely N-dealkylation sites (tertiary alicyclic amines) is 1. The molecule has 7 nitrogen and oxygen atoms in total. The van der Waals surface area contributed by atoms with Crippen LogP contribution >= 0.6 is 11.6 Å². The zero-order valence-corrected chi connectivity index (χ0v) is 19.2. The molecule has 1 aromatic heterocycles. The number of ether oxygens (including phenoxy) is 1. The lowest BCUT2D eigenvalue weighted by molar-refractivity contribution is -0.131. The fourth-order valence-corrected chi connectivity index (χ4v) is 3.69. The summed E-state index contributed by atoms with van der Waals surface area (Å²) in [5.74, 6) is -0.554. The van der Waals surface area contributed by atoms with Crippen LogP contribution in [0.15, 0.2) is 48.7 Å². The quantitative estimate of drug-likeness (QED) is 0.624. The van der Waals surface area contributed by atoms with E-state index in [0.29, 0.717) is 22.9 Å². The number of hydrogen-bond acceptors (Lipinski definition) is 5. The molecule has 2 aromatic rings. The van der Waals surface area contributed by atoms with E-state index in [-0.39, 0.29) is 6.04 Å². The lowest BCUT2D eigenvalue weighted by Gasteiger charge is -2.31. The fourth-order valence-electron chi connectivity index (χ4n) is 3.56. The number of nitrogens with zero attached hydrogens (tertiary/aromatic N) is 3.